The number of carbonyl (C=O) groups is 2. The van der Waals surface area contributed by atoms with Crippen molar-refractivity contribution in [1.29, 1.82) is 0 Å². The molecule has 0 fully saturated rings. The van der Waals surface area contributed by atoms with Gasteiger partial charge in [-0.3, -0.25) is 29.8 Å². The zero-order chi connectivity index (χ0) is 23.0. The van der Waals surface area contributed by atoms with Crippen LogP contribution in [0.25, 0.3) is 0 Å². The Morgan fingerprint density at radius 3 is 1.52 bits per heavy atom. The largest absolute Gasteiger partial charge is 0.495 e. The first-order chi connectivity index (χ1) is 14.7. The maximum atomic E-state index is 12.2. The summed E-state index contributed by atoms with van der Waals surface area (Å²) in [6.45, 7) is 0. The monoisotopic (exact) mass is 432 g/mol. The van der Waals surface area contributed by atoms with Crippen molar-refractivity contribution in [2.24, 2.45) is 0 Å². The Balaban J connectivity index is 1.92. The summed E-state index contributed by atoms with van der Waals surface area (Å²) >= 11 is 0. The zero-order valence-electron chi connectivity index (χ0n) is 16.7. The third-order valence-corrected chi connectivity index (χ3v) is 4.14. The van der Waals surface area contributed by atoms with E-state index in [2.05, 4.69) is 10.6 Å². The van der Waals surface area contributed by atoms with Gasteiger partial charge in [0, 0.05) is 37.1 Å². The van der Waals surface area contributed by atoms with Gasteiger partial charge in [-0.05, 0) is 18.6 Å². The highest BCUT2D eigenvalue weighted by atomic mass is 16.6. The van der Waals surface area contributed by atoms with Gasteiger partial charge in [0.15, 0.2) is 0 Å². The molecule has 12 heteroatoms. The van der Waals surface area contributed by atoms with Gasteiger partial charge in [0.1, 0.15) is 11.5 Å². The second kappa shape index (κ2) is 10.5. The summed E-state index contributed by atoms with van der Waals surface area (Å²) in [4.78, 5) is 44.9. The standard InChI is InChI=1S/C19H20N4O8/c1-30-16-8-6-12(22(26)27)10-14(16)20-18(24)4-3-5-19(25)21-15-11-13(23(28)29)7-9-17(15)31-2/h6-11H,3-5H2,1-2H3,(H,20,24)(H,21,25). The molecule has 2 aromatic rings. The van der Waals surface area contributed by atoms with Crippen molar-refractivity contribution in [2.45, 2.75) is 19.3 Å². The third kappa shape index (κ3) is 6.39. The Morgan fingerprint density at radius 2 is 1.19 bits per heavy atom. The van der Waals surface area contributed by atoms with Crippen LogP contribution in [-0.4, -0.2) is 35.9 Å². The van der Waals surface area contributed by atoms with Crippen molar-refractivity contribution >= 4 is 34.6 Å². The van der Waals surface area contributed by atoms with E-state index in [0.717, 1.165) is 0 Å². The number of anilines is 2. The van der Waals surface area contributed by atoms with Crippen LogP contribution in [-0.2, 0) is 9.59 Å². The maximum Gasteiger partial charge on any atom is 0.271 e. The summed E-state index contributed by atoms with van der Waals surface area (Å²) in [6, 6.07) is 7.60. The molecular formula is C19H20N4O8. The van der Waals surface area contributed by atoms with Crippen molar-refractivity contribution in [3.8, 4) is 11.5 Å². The topological polar surface area (TPSA) is 163 Å². The summed E-state index contributed by atoms with van der Waals surface area (Å²) in [5.41, 5.74) is -0.122. The van der Waals surface area contributed by atoms with Gasteiger partial charge in [0.25, 0.3) is 11.4 Å². The summed E-state index contributed by atoms with van der Waals surface area (Å²) in [5, 5.41) is 26.8. The highest BCUT2D eigenvalue weighted by Gasteiger charge is 2.16. The third-order valence-electron chi connectivity index (χ3n) is 4.14. The van der Waals surface area contributed by atoms with Crippen LogP contribution in [0, 0.1) is 20.2 Å². The van der Waals surface area contributed by atoms with Crippen molar-refractivity contribution in [1.82, 2.24) is 0 Å². The van der Waals surface area contributed by atoms with Crippen LogP contribution < -0.4 is 20.1 Å². The van der Waals surface area contributed by atoms with Crippen LogP contribution in [0.4, 0.5) is 22.7 Å². The molecule has 0 saturated carbocycles. The first-order valence-electron chi connectivity index (χ1n) is 8.99. The lowest BCUT2D eigenvalue weighted by Crippen LogP contribution is -2.15. The molecule has 164 valence electrons. The predicted molar refractivity (Wildman–Crippen MR) is 110 cm³/mol. The number of methoxy groups -OCH3 is 2. The van der Waals surface area contributed by atoms with Gasteiger partial charge in [-0.25, -0.2) is 0 Å². The van der Waals surface area contributed by atoms with E-state index in [1.54, 1.807) is 0 Å². The molecule has 0 radical (unpaired) electrons. The number of benzene rings is 2. The van der Waals surface area contributed by atoms with Crippen LogP contribution in [0.5, 0.6) is 11.5 Å². The Morgan fingerprint density at radius 1 is 0.806 bits per heavy atom. The fourth-order valence-corrected chi connectivity index (χ4v) is 2.65. The van der Waals surface area contributed by atoms with E-state index in [1.807, 2.05) is 0 Å². The Labute approximate surface area is 176 Å². The molecule has 0 aromatic heterocycles. The minimum atomic E-state index is -0.596. The number of non-ortho nitro benzene ring substituents is 2. The highest BCUT2D eigenvalue weighted by molar-refractivity contribution is 5.95. The smallest absolute Gasteiger partial charge is 0.271 e. The normalized spacial score (nSPS) is 10.1. The van der Waals surface area contributed by atoms with Gasteiger partial charge in [-0.15, -0.1) is 0 Å². The molecule has 0 spiro atoms. The van der Waals surface area contributed by atoms with E-state index in [4.69, 9.17) is 9.47 Å². The molecule has 12 nitrogen and oxygen atoms in total. The van der Waals surface area contributed by atoms with E-state index < -0.39 is 21.7 Å². The summed E-state index contributed by atoms with van der Waals surface area (Å²) in [6.07, 6.45) is 0.100. The van der Waals surface area contributed by atoms with Crippen LogP contribution >= 0.6 is 0 Å². The number of carbonyl (C=O) groups excluding carboxylic acids is 2. The van der Waals surface area contributed by atoms with Gasteiger partial charge < -0.3 is 20.1 Å². The molecule has 0 aliphatic rings. The van der Waals surface area contributed by atoms with E-state index >= 15 is 0 Å². The molecule has 0 saturated heterocycles. The van der Waals surface area contributed by atoms with E-state index in [1.165, 1.54) is 50.6 Å². The highest BCUT2D eigenvalue weighted by Crippen LogP contribution is 2.30. The number of amides is 2. The molecule has 0 aliphatic carbocycles. The first-order valence-corrected chi connectivity index (χ1v) is 8.99. The fourth-order valence-electron chi connectivity index (χ4n) is 2.65. The molecule has 2 N–H and O–H groups in total. The number of hydrogen-bond donors (Lipinski definition) is 2. The minimum absolute atomic E-state index is 0.0364. The second-order valence-electron chi connectivity index (χ2n) is 6.23. The summed E-state index contributed by atoms with van der Waals surface area (Å²) in [5.74, 6) is -0.400. The molecule has 0 atom stereocenters. The number of nitro benzene ring substituents is 2. The average molecular weight is 432 g/mol. The lowest BCUT2D eigenvalue weighted by molar-refractivity contribution is -0.385. The van der Waals surface area contributed by atoms with Crippen LogP contribution in [0.1, 0.15) is 19.3 Å². The Kier molecular flexibility index (Phi) is 7.83. The van der Waals surface area contributed by atoms with Crippen LogP contribution in [0.15, 0.2) is 36.4 Å². The number of nitrogens with one attached hydrogen (secondary N) is 2. The molecule has 0 unspecified atom stereocenters. The van der Waals surface area contributed by atoms with Gasteiger partial charge in [0.2, 0.25) is 11.8 Å². The molecule has 2 aromatic carbocycles. The molecule has 31 heavy (non-hydrogen) atoms. The van der Waals surface area contributed by atoms with Gasteiger partial charge in [0.05, 0.1) is 35.4 Å². The molecular weight excluding hydrogens is 412 g/mol. The number of hydrogen-bond acceptors (Lipinski definition) is 8. The fraction of sp³-hybridized carbons (Fsp3) is 0.263. The van der Waals surface area contributed by atoms with Gasteiger partial charge in [-0.1, -0.05) is 0 Å². The van der Waals surface area contributed by atoms with Gasteiger partial charge in [-0.2, -0.15) is 0 Å². The quantitative estimate of drug-likeness (QED) is 0.427. The summed E-state index contributed by atoms with van der Waals surface area (Å²) in [7, 11) is 2.73. The zero-order valence-corrected chi connectivity index (χ0v) is 16.7. The van der Waals surface area contributed by atoms with Gasteiger partial charge >= 0.3 is 0 Å². The van der Waals surface area contributed by atoms with E-state index in [9.17, 15) is 29.8 Å². The van der Waals surface area contributed by atoms with Crippen LogP contribution in [0.3, 0.4) is 0 Å². The predicted octanol–water partition coefficient (Wildman–Crippen LogP) is 3.27. The maximum absolute atomic E-state index is 12.2. The lowest BCUT2D eigenvalue weighted by Gasteiger charge is -2.11. The molecule has 0 bridgehead atoms. The molecule has 0 aliphatic heterocycles. The lowest BCUT2D eigenvalue weighted by atomic mass is 10.2. The van der Waals surface area contributed by atoms with Crippen LogP contribution in [0.2, 0.25) is 0 Å². The van der Waals surface area contributed by atoms with Crippen molar-refractivity contribution in [3.63, 3.8) is 0 Å². The first kappa shape index (κ1) is 23.1. The summed E-state index contributed by atoms with van der Waals surface area (Å²) < 4.78 is 10.2. The average Bonchev–Trinajstić information content (AvgIpc) is 2.73. The number of rotatable bonds is 10. The van der Waals surface area contributed by atoms with E-state index in [-0.39, 0.29) is 53.5 Å². The second-order valence-corrected chi connectivity index (χ2v) is 6.23. The molecule has 2 amide bonds. The van der Waals surface area contributed by atoms with Crippen molar-refractivity contribution < 1.29 is 28.9 Å². The SMILES string of the molecule is COc1ccc([N+](=O)[O-])cc1NC(=O)CCCC(=O)Nc1cc([N+](=O)[O-])ccc1OC. The molecule has 0 heterocycles. The number of nitro groups is 2. The van der Waals surface area contributed by atoms with Crippen molar-refractivity contribution in [3.05, 3.63) is 56.6 Å². The number of nitrogens with zero attached hydrogens (tertiary/aromatic N) is 2. The molecule has 2 rings (SSSR count). The van der Waals surface area contributed by atoms with Crippen molar-refractivity contribution in [2.75, 3.05) is 24.9 Å². The Hall–Kier alpha value is -4.22. The number of ether oxygens (including phenoxy) is 2. The minimum Gasteiger partial charge on any atom is -0.495 e. The van der Waals surface area contributed by atoms with E-state index in [0.29, 0.717) is 0 Å². The Bertz CT molecular complexity index is 929.